The Labute approximate surface area is 372 Å². The Morgan fingerprint density at radius 2 is 1.31 bits per heavy atom. The molecule has 6 fully saturated rings. The zero-order valence-electron chi connectivity index (χ0n) is 40.7. The molecule has 0 heterocycles. The fraction of sp³-hybridized carbons (Fsp3) is 0.833. The quantitative estimate of drug-likeness (QED) is 0.119. The van der Waals surface area contributed by atoms with E-state index in [1.807, 2.05) is 75.3 Å². The van der Waals surface area contributed by atoms with Crippen LogP contribution < -0.4 is 0 Å². The summed E-state index contributed by atoms with van der Waals surface area (Å²) < 4.78 is 18.5. The van der Waals surface area contributed by atoms with Crippen LogP contribution in [0.1, 0.15) is 205 Å². The number of esters is 3. The van der Waals surface area contributed by atoms with Crippen molar-refractivity contribution in [3.8, 4) is 0 Å². The summed E-state index contributed by atoms with van der Waals surface area (Å²) in [5, 5.41) is 10.3. The zero-order chi connectivity index (χ0) is 45.2. The van der Waals surface area contributed by atoms with E-state index >= 15 is 0 Å². The van der Waals surface area contributed by atoms with Crippen molar-refractivity contribution < 1.29 is 33.7 Å². The van der Waals surface area contributed by atoms with Crippen LogP contribution in [0.3, 0.4) is 0 Å². The number of carbonyl (C=O) groups is 3. The molecule has 0 amide bonds. The molecule has 1 N–H and O–H groups in total. The lowest BCUT2D eigenvalue weighted by Gasteiger charge is -2.40. The summed E-state index contributed by atoms with van der Waals surface area (Å²) in [6.45, 7) is 30.5. The molecule has 0 aromatic carbocycles. The van der Waals surface area contributed by atoms with Gasteiger partial charge in [-0.2, -0.15) is 0 Å². The summed E-state index contributed by atoms with van der Waals surface area (Å²) in [5.74, 6) is 3.57. The van der Waals surface area contributed by atoms with E-state index in [1.54, 1.807) is 0 Å². The third kappa shape index (κ3) is 9.82. The van der Waals surface area contributed by atoms with Crippen molar-refractivity contribution in [2.45, 2.75) is 227 Å². The first-order chi connectivity index (χ1) is 28.6. The van der Waals surface area contributed by atoms with Crippen LogP contribution in [0.15, 0.2) is 36.5 Å². The molecule has 61 heavy (non-hydrogen) atoms. The van der Waals surface area contributed by atoms with Crippen LogP contribution in [-0.2, 0) is 28.6 Å². The second-order valence-electron chi connectivity index (χ2n) is 22.7. The lowest BCUT2D eigenvalue weighted by molar-refractivity contribution is -0.172. The van der Waals surface area contributed by atoms with E-state index in [0.29, 0.717) is 35.5 Å². The summed E-state index contributed by atoms with van der Waals surface area (Å²) >= 11 is 0. The van der Waals surface area contributed by atoms with Crippen molar-refractivity contribution in [1.82, 2.24) is 0 Å². The molecule has 0 radical (unpaired) electrons. The number of fused-ring (bicyclic) bond motifs is 3. The first-order valence-corrected chi connectivity index (χ1v) is 25.0. The maximum absolute atomic E-state index is 12.9. The van der Waals surface area contributed by atoms with E-state index in [1.165, 1.54) is 63.4 Å². The number of hydrogen-bond acceptors (Lipinski definition) is 7. The normalized spacial score (nSPS) is 36.6. The van der Waals surface area contributed by atoms with Crippen LogP contribution in [0.4, 0.5) is 0 Å². The molecule has 7 nitrogen and oxygen atoms in total. The average molecular weight is 849 g/mol. The summed E-state index contributed by atoms with van der Waals surface area (Å²) in [7, 11) is 0. The van der Waals surface area contributed by atoms with Gasteiger partial charge in [-0.15, -0.1) is 0 Å². The highest BCUT2D eigenvalue weighted by atomic mass is 16.6. The molecule has 0 aliphatic heterocycles. The Hall–Kier alpha value is -2.41. The van der Waals surface area contributed by atoms with Gasteiger partial charge in [0.15, 0.2) is 0 Å². The van der Waals surface area contributed by atoms with Gasteiger partial charge in [0, 0.05) is 17.8 Å². The molecule has 0 saturated heterocycles. The van der Waals surface area contributed by atoms with Gasteiger partial charge in [0.2, 0.25) is 0 Å². The van der Waals surface area contributed by atoms with Gasteiger partial charge >= 0.3 is 17.9 Å². The maximum atomic E-state index is 12.9. The Morgan fingerprint density at radius 1 is 0.721 bits per heavy atom. The Bertz CT molecular complexity index is 1620. The van der Waals surface area contributed by atoms with E-state index in [9.17, 15) is 19.5 Å². The first-order valence-electron chi connectivity index (χ1n) is 25.0. The molecule has 11 unspecified atom stereocenters. The largest absolute Gasteiger partial charge is 0.454 e. The van der Waals surface area contributed by atoms with Gasteiger partial charge < -0.3 is 19.3 Å². The predicted molar refractivity (Wildman–Crippen MR) is 246 cm³/mol. The molecular weight excluding hydrogens is 761 g/mol. The minimum atomic E-state index is -0.433. The molecule has 0 aromatic heterocycles. The monoisotopic (exact) mass is 849 g/mol. The van der Waals surface area contributed by atoms with Gasteiger partial charge in [0.1, 0.15) is 16.8 Å². The standard InChI is InChI=1S/C20H32O3.C18H30O2.C16H26O2/c1-4-19(2,3)18(22)23-20(14-8-6-5-7-9-14)13-12-15-16(20)10-11-17(15)21;1-7-17(5,6)16(19)20-18(12(2)3)11-13(4)14-9-8-10-15(14)18;1-5-15(3,4)14(17)18-16(6-2)11-10-12-8-7-9-13(12)16/h8,15-17,21H,4-7,9-13H2,1-3H3;13-15H,2,7-11H2,1,3-6H3;6,12-13H,2,5,7-11H2,1,3-4H3. The predicted octanol–water partition coefficient (Wildman–Crippen LogP) is 13.2. The van der Waals surface area contributed by atoms with Crippen LogP contribution >= 0.6 is 0 Å². The Morgan fingerprint density at radius 3 is 1.89 bits per heavy atom. The summed E-state index contributed by atoms with van der Waals surface area (Å²) in [6.07, 6.45) is 25.4. The molecule has 7 heteroatoms. The van der Waals surface area contributed by atoms with Crippen LogP contribution in [0.5, 0.6) is 0 Å². The van der Waals surface area contributed by atoms with Gasteiger partial charge in [-0.25, -0.2) is 0 Å². The lowest BCUT2D eigenvalue weighted by atomic mass is 9.76. The van der Waals surface area contributed by atoms with Crippen molar-refractivity contribution in [2.75, 3.05) is 0 Å². The van der Waals surface area contributed by atoms with Crippen molar-refractivity contribution in [2.24, 2.45) is 57.7 Å². The van der Waals surface area contributed by atoms with E-state index in [0.717, 1.165) is 82.1 Å². The van der Waals surface area contributed by atoms with Gasteiger partial charge in [0.25, 0.3) is 0 Å². The summed E-state index contributed by atoms with van der Waals surface area (Å²) in [5.41, 5.74) is -0.0161. The average Bonchev–Trinajstić information content (AvgIpc) is 4.10. The maximum Gasteiger partial charge on any atom is 0.312 e. The third-order valence-corrected chi connectivity index (χ3v) is 18.0. The van der Waals surface area contributed by atoms with Gasteiger partial charge in [-0.3, -0.25) is 14.4 Å². The van der Waals surface area contributed by atoms with Crippen LogP contribution in [0.25, 0.3) is 0 Å². The van der Waals surface area contributed by atoms with Gasteiger partial charge in [-0.05, 0) is 199 Å². The van der Waals surface area contributed by atoms with Crippen LogP contribution in [0.2, 0.25) is 0 Å². The minimum Gasteiger partial charge on any atom is -0.454 e. The topological polar surface area (TPSA) is 99.1 Å². The van der Waals surface area contributed by atoms with E-state index < -0.39 is 22.0 Å². The third-order valence-electron chi connectivity index (χ3n) is 18.0. The molecule has 11 atom stereocenters. The highest BCUT2D eigenvalue weighted by Crippen LogP contribution is 2.59. The highest BCUT2D eigenvalue weighted by molar-refractivity contribution is 5.77. The Balaban J connectivity index is 0.000000175. The molecular formula is C54H88O7. The molecule has 0 spiro atoms. The molecule has 0 bridgehead atoms. The van der Waals surface area contributed by atoms with E-state index in [-0.39, 0.29) is 35.0 Å². The molecule has 7 aliphatic rings. The van der Waals surface area contributed by atoms with E-state index in [2.05, 4.69) is 26.2 Å². The van der Waals surface area contributed by atoms with Gasteiger partial charge in [0.05, 0.1) is 22.3 Å². The van der Waals surface area contributed by atoms with Gasteiger partial charge in [-0.1, -0.05) is 66.2 Å². The lowest BCUT2D eigenvalue weighted by Crippen LogP contribution is -2.45. The van der Waals surface area contributed by atoms with Crippen molar-refractivity contribution in [3.05, 3.63) is 36.5 Å². The summed E-state index contributed by atoms with van der Waals surface area (Å²) in [6, 6.07) is 0. The summed E-state index contributed by atoms with van der Waals surface area (Å²) in [4.78, 5) is 37.8. The van der Waals surface area contributed by atoms with Crippen molar-refractivity contribution in [1.29, 1.82) is 0 Å². The number of carbonyl (C=O) groups excluding carboxylic acids is 3. The first kappa shape index (κ1) is 49.6. The molecule has 0 aromatic rings. The van der Waals surface area contributed by atoms with Crippen LogP contribution in [-0.4, -0.2) is 45.9 Å². The smallest absolute Gasteiger partial charge is 0.312 e. The molecule has 6 saturated carbocycles. The van der Waals surface area contributed by atoms with E-state index in [4.69, 9.17) is 14.2 Å². The number of aliphatic hydroxyl groups is 1. The van der Waals surface area contributed by atoms with Crippen molar-refractivity contribution in [3.63, 3.8) is 0 Å². The molecule has 7 aliphatic carbocycles. The SMILES string of the molecule is C=C(C)C1(OC(=O)C(C)(C)CC)CC(C)C2CCCC21.C=CC1(OC(=O)C(C)(C)CC)CCC2CCCC21.CCC(C)(C)C(=O)OC1(C2=CCCCC2)CCC2C(O)CCC21. The number of allylic oxidation sites excluding steroid dienone is 1. The number of aliphatic hydroxyl groups excluding tert-OH is 1. The minimum absolute atomic E-state index is 0.0530. The second kappa shape index (κ2) is 19.4. The fourth-order valence-corrected chi connectivity index (χ4v) is 12.5. The number of rotatable bonds is 12. The molecule has 346 valence electrons. The Kier molecular flexibility index (Phi) is 15.7. The van der Waals surface area contributed by atoms with Crippen LogP contribution in [0, 0.1) is 57.7 Å². The second-order valence-corrected chi connectivity index (χ2v) is 22.7. The fourth-order valence-electron chi connectivity index (χ4n) is 12.5. The van der Waals surface area contributed by atoms with Crippen molar-refractivity contribution >= 4 is 17.9 Å². The number of hydrogen-bond donors (Lipinski definition) is 1. The highest BCUT2D eigenvalue weighted by Gasteiger charge is 2.59. The zero-order valence-corrected chi connectivity index (χ0v) is 40.7. The molecule has 7 rings (SSSR count). The number of ether oxygens (including phenoxy) is 3.